The molecule has 8 atom stereocenters. The van der Waals surface area contributed by atoms with E-state index in [0.717, 1.165) is 24.2 Å². The highest BCUT2D eigenvalue weighted by Crippen LogP contribution is 2.30. The normalized spacial score (nSPS) is 18.1. The van der Waals surface area contributed by atoms with Crippen molar-refractivity contribution < 1.29 is 38.1 Å². The van der Waals surface area contributed by atoms with Gasteiger partial charge in [-0.2, -0.15) is 0 Å². The Morgan fingerprint density at radius 3 is 2.12 bits per heavy atom. The molecule has 15 nitrogen and oxygen atoms in total. The molecule has 0 unspecified atom stereocenters. The Bertz CT molecular complexity index is 1450. The SMILES string of the molecule is CC[C@H](C)[C@@H]([C@@H](CC(=O)N1CCC[C@H]1[C@H](OC)[C@@H](C)C(=O)N[C@@H](Cc1ccccc1)C(=O)NCCOCCOCCN)OC)N(C)C(=O)[C@@H](N=C(C(C)C)N(C)C)C(C)C. The van der Waals surface area contributed by atoms with Crippen molar-refractivity contribution in [1.29, 1.82) is 0 Å². The summed E-state index contributed by atoms with van der Waals surface area (Å²) in [6.45, 7) is 16.8. The number of hydrogen-bond donors (Lipinski definition) is 3. The molecule has 1 aromatic carbocycles. The van der Waals surface area contributed by atoms with Crippen molar-refractivity contribution >= 4 is 29.5 Å². The van der Waals surface area contributed by atoms with Gasteiger partial charge in [0.1, 0.15) is 17.9 Å². The Hall–Kier alpha value is -3.63. The maximum atomic E-state index is 14.4. The van der Waals surface area contributed by atoms with Gasteiger partial charge in [-0.3, -0.25) is 24.2 Å². The van der Waals surface area contributed by atoms with Gasteiger partial charge in [-0.05, 0) is 30.2 Å². The summed E-state index contributed by atoms with van der Waals surface area (Å²) in [6, 6.07) is 7.28. The van der Waals surface area contributed by atoms with Crippen molar-refractivity contribution in [3.63, 3.8) is 0 Å². The summed E-state index contributed by atoms with van der Waals surface area (Å²) >= 11 is 0. The second kappa shape index (κ2) is 27.3. The number of methoxy groups -OCH3 is 2. The van der Waals surface area contributed by atoms with Crippen LogP contribution in [0, 0.1) is 23.7 Å². The van der Waals surface area contributed by atoms with E-state index in [0.29, 0.717) is 39.3 Å². The van der Waals surface area contributed by atoms with Gasteiger partial charge in [-0.1, -0.05) is 85.2 Å². The standard InChI is InChI=1S/C45H79N7O8/c1-13-32(6)40(51(10)45(56)39(30(2)3)49-42(31(4)5)50(8)9)37(57-11)29-38(53)52-23-17-20-36(52)41(58-12)33(7)43(54)48-35(28-34-18-15-14-16-19-34)44(55)47-22-25-60-27-26-59-24-21-46/h14-16,18-19,30-33,35-37,39-41H,13,17,20-29,46H2,1-12H3,(H,47,55)(H,48,54)/t32-,33+,35-,36-,37+,39-,40-,41+/m0/s1. The maximum Gasteiger partial charge on any atom is 0.247 e. The fourth-order valence-electron chi connectivity index (χ4n) is 8.06. The van der Waals surface area contributed by atoms with Crippen LogP contribution in [-0.4, -0.2) is 162 Å². The van der Waals surface area contributed by atoms with Crippen LogP contribution < -0.4 is 16.4 Å². The predicted octanol–water partition coefficient (Wildman–Crippen LogP) is 3.38. The molecule has 0 bridgehead atoms. The summed E-state index contributed by atoms with van der Waals surface area (Å²) in [5.41, 5.74) is 6.34. The Balaban J connectivity index is 2.25. The third-order valence-electron chi connectivity index (χ3n) is 11.5. The van der Waals surface area contributed by atoms with E-state index in [1.165, 1.54) is 0 Å². The molecule has 1 aliphatic heterocycles. The Morgan fingerprint density at radius 2 is 1.57 bits per heavy atom. The van der Waals surface area contributed by atoms with Crippen LogP contribution in [-0.2, 0) is 44.5 Å². The fourth-order valence-corrected chi connectivity index (χ4v) is 8.06. The van der Waals surface area contributed by atoms with Crippen LogP contribution in [0.15, 0.2) is 35.3 Å². The molecule has 1 heterocycles. The predicted molar refractivity (Wildman–Crippen MR) is 236 cm³/mol. The molecule has 15 heteroatoms. The molecule has 0 spiro atoms. The number of carbonyl (C=O) groups is 4. The first-order valence-electron chi connectivity index (χ1n) is 21.9. The molecule has 1 aliphatic rings. The van der Waals surface area contributed by atoms with E-state index in [-0.39, 0.29) is 73.4 Å². The Labute approximate surface area is 360 Å². The van der Waals surface area contributed by atoms with E-state index in [4.69, 9.17) is 29.7 Å². The van der Waals surface area contributed by atoms with Crippen LogP contribution in [0.4, 0.5) is 0 Å². The molecule has 1 fully saturated rings. The summed E-state index contributed by atoms with van der Waals surface area (Å²) in [5.74, 6) is -0.666. The van der Waals surface area contributed by atoms with Gasteiger partial charge in [-0.25, -0.2) is 0 Å². The first kappa shape index (κ1) is 52.5. The molecule has 0 radical (unpaired) electrons. The van der Waals surface area contributed by atoms with Gasteiger partial charge in [-0.15, -0.1) is 0 Å². The molecule has 2 rings (SSSR count). The van der Waals surface area contributed by atoms with E-state index in [1.54, 1.807) is 33.1 Å². The molecule has 342 valence electrons. The van der Waals surface area contributed by atoms with Gasteiger partial charge in [0.15, 0.2) is 0 Å². The summed E-state index contributed by atoms with van der Waals surface area (Å²) in [6.07, 6.45) is 1.27. The Morgan fingerprint density at radius 1 is 0.917 bits per heavy atom. The first-order chi connectivity index (χ1) is 28.5. The van der Waals surface area contributed by atoms with E-state index < -0.39 is 36.3 Å². The first-order valence-corrected chi connectivity index (χ1v) is 21.9. The van der Waals surface area contributed by atoms with E-state index >= 15 is 0 Å². The number of amidine groups is 1. The second-order valence-corrected chi connectivity index (χ2v) is 16.9. The number of nitrogens with zero attached hydrogens (tertiary/aromatic N) is 4. The minimum Gasteiger partial charge on any atom is -0.379 e. The van der Waals surface area contributed by atoms with Crippen molar-refractivity contribution in [3.8, 4) is 0 Å². The third kappa shape index (κ3) is 16.0. The summed E-state index contributed by atoms with van der Waals surface area (Å²) in [5, 5.41) is 5.87. The zero-order chi connectivity index (χ0) is 44.9. The zero-order valence-corrected chi connectivity index (χ0v) is 38.8. The van der Waals surface area contributed by atoms with Crippen LogP contribution in [0.5, 0.6) is 0 Å². The van der Waals surface area contributed by atoms with E-state index in [1.807, 2.05) is 68.1 Å². The largest absolute Gasteiger partial charge is 0.379 e. The number of amides is 4. The van der Waals surface area contributed by atoms with Crippen LogP contribution >= 0.6 is 0 Å². The van der Waals surface area contributed by atoms with E-state index in [9.17, 15) is 19.2 Å². The maximum absolute atomic E-state index is 14.4. The number of ether oxygens (including phenoxy) is 4. The third-order valence-corrected chi connectivity index (χ3v) is 11.5. The summed E-state index contributed by atoms with van der Waals surface area (Å²) in [4.78, 5) is 66.6. The number of likely N-dealkylation sites (N-methyl/N-ethyl adjacent to an activating group) is 1. The van der Waals surface area contributed by atoms with E-state index in [2.05, 4.69) is 38.3 Å². The van der Waals surface area contributed by atoms with Crippen molar-refractivity contribution in [2.45, 2.75) is 117 Å². The average Bonchev–Trinajstić information content (AvgIpc) is 3.71. The van der Waals surface area contributed by atoms with Crippen LogP contribution in [0.2, 0.25) is 0 Å². The lowest BCUT2D eigenvalue weighted by Crippen LogP contribution is -2.55. The monoisotopic (exact) mass is 846 g/mol. The lowest BCUT2D eigenvalue weighted by molar-refractivity contribution is -0.146. The number of rotatable bonds is 27. The van der Waals surface area contributed by atoms with Crippen LogP contribution in [0.25, 0.3) is 0 Å². The molecular weight excluding hydrogens is 767 g/mol. The number of carbonyl (C=O) groups excluding carboxylic acids is 4. The molecule has 0 aromatic heterocycles. The highest BCUT2D eigenvalue weighted by atomic mass is 16.5. The number of aliphatic imine (C=N–C) groups is 1. The minimum absolute atomic E-state index is 0.0198. The molecule has 4 N–H and O–H groups in total. The van der Waals surface area contributed by atoms with Crippen molar-refractivity contribution in [2.24, 2.45) is 34.4 Å². The second-order valence-electron chi connectivity index (χ2n) is 16.9. The fraction of sp³-hybridized carbons (Fsp3) is 0.756. The quantitative estimate of drug-likeness (QED) is 0.0676. The molecule has 60 heavy (non-hydrogen) atoms. The molecule has 0 aliphatic carbocycles. The topological polar surface area (TPSA) is 177 Å². The number of nitrogens with two attached hydrogens (primary N) is 1. The highest BCUT2D eigenvalue weighted by Gasteiger charge is 2.43. The van der Waals surface area contributed by atoms with Gasteiger partial charge in [0, 0.05) is 67.3 Å². The van der Waals surface area contributed by atoms with Crippen molar-refractivity contribution in [1.82, 2.24) is 25.3 Å². The number of hydrogen-bond acceptors (Lipinski definition) is 10. The molecule has 1 aromatic rings. The van der Waals surface area contributed by atoms with Gasteiger partial charge >= 0.3 is 0 Å². The molecule has 4 amide bonds. The van der Waals surface area contributed by atoms with Gasteiger partial charge in [0.05, 0.1) is 63.1 Å². The van der Waals surface area contributed by atoms with Crippen LogP contribution in [0.1, 0.15) is 79.7 Å². The zero-order valence-electron chi connectivity index (χ0n) is 38.8. The summed E-state index contributed by atoms with van der Waals surface area (Å²) < 4.78 is 23.0. The average molecular weight is 846 g/mol. The van der Waals surface area contributed by atoms with Gasteiger partial charge < -0.3 is 50.0 Å². The van der Waals surface area contributed by atoms with Gasteiger partial charge in [0.2, 0.25) is 23.6 Å². The highest BCUT2D eigenvalue weighted by molar-refractivity contribution is 5.90. The number of nitrogens with one attached hydrogen (secondary N) is 2. The lowest BCUT2D eigenvalue weighted by Gasteiger charge is -2.40. The minimum atomic E-state index is -0.852. The number of benzene rings is 1. The van der Waals surface area contributed by atoms with Crippen LogP contribution in [0.3, 0.4) is 0 Å². The molecular formula is C45H79N7O8. The van der Waals surface area contributed by atoms with Crippen molar-refractivity contribution in [2.75, 3.05) is 81.4 Å². The molecule has 1 saturated heterocycles. The smallest absolute Gasteiger partial charge is 0.247 e. The summed E-state index contributed by atoms with van der Waals surface area (Å²) in [7, 11) is 8.82. The lowest BCUT2D eigenvalue weighted by atomic mass is 9.89. The Kier molecular flexibility index (Phi) is 23.9. The van der Waals surface area contributed by atoms with Gasteiger partial charge in [0.25, 0.3) is 0 Å². The molecule has 0 saturated carbocycles. The van der Waals surface area contributed by atoms with Crippen molar-refractivity contribution in [3.05, 3.63) is 35.9 Å². The number of likely N-dealkylation sites (tertiary alicyclic amines) is 1.